The lowest BCUT2D eigenvalue weighted by Gasteiger charge is -2.22. The highest BCUT2D eigenvalue weighted by molar-refractivity contribution is 5.86. The van der Waals surface area contributed by atoms with Crippen LogP contribution < -0.4 is 10.6 Å². The van der Waals surface area contributed by atoms with Gasteiger partial charge in [0.15, 0.2) is 0 Å². The van der Waals surface area contributed by atoms with Gasteiger partial charge in [-0.25, -0.2) is 4.79 Å². The van der Waals surface area contributed by atoms with Gasteiger partial charge in [-0.2, -0.15) is 0 Å². The Balaban J connectivity index is 1.50. The van der Waals surface area contributed by atoms with Crippen LogP contribution in [0.25, 0.3) is 6.08 Å². The number of nitrogens with zero attached hydrogens (tertiary/aromatic N) is 1. The molecule has 208 valence electrons. The lowest BCUT2D eigenvalue weighted by molar-refractivity contribution is -0.384. The molecule has 0 radical (unpaired) electrons. The van der Waals surface area contributed by atoms with Gasteiger partial charge in [0.05, 0.1) is 11.0 Å². The molecule has 0 aliphatic carbocycles. The predicted octanol–water partition coefficient (Wildman–Crippen LogP) is 5.87. The average Bonchev–Trinajstić information content (AvgIpc) is 3.00. The van der Waals surface area contributed by atoms with Gasteiger partial charge in [0, 0.05) is 18.6 Å². The maximum atomic E-state index is 13.6. The number of alkyl carbamates (subject to hydrolysis) is 1. The van der Waals surface area contributed by atoms with Gasteiger partial charge in [-0.1, -0.05) is 103 Å². The number of non-ortho nitro benzene ring substituents is 1. The molecule has 0 bridgehead atoms. The van der Waals surface area contributed by atoms with Gasteiger partial charge in [-0.15, -0.1) is 0 Å². The van der Waals surface area contributed by atoms with Crippen LogP contribution in [0.2, 0.25) is 0 Å². The van der Waals surface area contributed by atoms with E-state index in [1.807, 2.05) is 103 Å². The van der Waals surface area contributed by atoms with Crippen LogP contribution in [0.4, 0.5) is 10.5 Å². The number of hydrogen-bond acceptors (Lipinski definition) is 5. The molecule has 2 N–H and O–H groups in total. The Kier molecular flexibility index (Phi) is 10.4. The third kappa shape index (κ3) is 9.47. The largest absolute Gasteiger partial charge is 0.445 e. The zero-order valence-electron chi connectivity index (χ0n) is 22.4. The Morgan fingerprint density at radius 2 is 1.27 bits per heavy atom. The quantitative estimate of drug-likeness (QED) is 0.170. The molecular formula is C33H31N3O5. The molecule has 0 fully saturated rings. The number of benzene rings is 4. The van der Waals surface area contributed by atoms with Crippen molar-refractivity contribution in [3.05, 3.63) is 154 Å². The van der Waals surface area contributed by atoms with Gasteiger partial charge in [0.2, 0.25) is 5.91 Å². The van der Waals surface area contributed by atoms with Crippen LogP contribution in [0.1, 0.15) is 22.3 Å². The number of hydrogen-bond donors (Lipinski definition) is 2. The summed E-state index contributed by atoms with van der Waals surface area (Å²) in [4.78, 5) is 36.8. The Hall–Kier alpha value is -5.24. The summed E-state index contributed by atoms with van der Waals surface area (Å²) < 4.78 is 5.39. The number of ether oxygens (including phenoxy) is 1. The van der Waals surface area contributed by atoms with E-state index in [1.54, 1.807) is 12.1 Å². The molecule has 2 amide bonds. The van der Waals surface area contributed by atoms with Crippen LogP contribution in [0.3, 0.4) is 0 Å². The van der Waals surface area contributed by atoms with Gasteiger partial charge < -0.3 is 15.4 Å². The van der Waals surface area contributed by atoms with E-state index in [0.29, 0.717) is 6.42 Å². The first-order valence-electron chi connectivity index (χ1n) is 13.2. The molecule has 0 aromatic heterocycles. The normalized spacial score (nSPS) is 12.3. The van der Waals surface area contributed by atoms with E-state index < -0.39 is 23.1 Å². The molecule has 0 saturated heterocycles. The molecule has 0 unspecified atom stereocenters. The smallest absolute Gasteiger partial charge is 0.408 e. The van der Waals surface area contributed by atoms with Crippen molar-refractivity contribution in [1.82, 2.24) is 10.6 Å². The Morgan fingerprint density at radius 1 is 0.732 bits per heavy atom. The minimum atomic E-state index is -0.883. The molecule has 0 saturated carbocycles. The fraction of sp³-hybridized carbons (Fsp3) is 0.152. The molecule has 2 atom stereocenters. The van der Waals surface area contributed by atoms with Crippen molar-refractivity contribution in [3.8, 4) is 0 Å². The number of carbonyl (C=O) groups is 2. The summed E-state index contributed by atoms with van der Waals surface area (Å²) in [5.41, 5.74) is 3.50. The van der Waals surface area contributed by atoms with E-state index in [-0.39, 0.29) is 24.6 Å². The van der Waals surface area contributed by atoms with Gasteiger partial charge in [-0.3, -0.25) is 14.9 Å². The molecule has 8 nitrogen and oxygen atoms in total. The molecule has 4 rings (SSSR count). The van der Waals surface area contributed by atoms with Crippen LogP contribution >= 0.6 is 0 Å². The highest BCUT2D eigenvalue weighted by Gasteiger charge is 2.24. The monoisotopic (exact) mass is 549 g/mol. The highest BCUT2D eigenvalue weighted by Crippen LogP contribution is 2.14. The van der Waals surface area contributed by atoms with Crippen LogP contribution in [-0.4, -0.2) is 29.0 Å². The zero-order valence-corrected chi connectivity index (χ0v) is 22.4. The Labute approximate surface area is 238 Å². The number of carbonyl (C=O) groups excluding carboxylic acids is 2. The van der Waals surface area contributed by atoms with Gasteiger partial charge >= 0.3 is 6.09 Å². The Bertz CT molecular complexity index is 1440. The van der Waals surface area contributed by atoms with Crippen molar-refractivity contribution in [1.29, 1.82) is 0 Å². The van der Waals surface area contributed by atoms with Crippen LogP contribution in [0, 0.1) is 10.1 Å². The lowest BCUT2D eigenvalue weighted by Crippen LogP contribution is -2.50. The second-order valence-corrected chi connectivity index (χ2v) is 9.46. The van der Waals surface area contributed by atoms with E-state index in [9.17, 15) is 19.7 Å². The van der Waals surface area contributed by atoms with Crippen LogP contribution in [0.15, 0.2) is 121 Å². The average molecular weight is 550 g/mol. The summed E-state index contributed by atoms with van der Waals surface area (Å²) in [6, 6.07) is 33.3. The van der Waals surface area contributed by atoms with E-state index in [0.717, 1.165) is 22.3 Å². The van der Waals surface area contributed by atoms with Gasteiger partial charge in [-0.05, 0) is 40.8 Å². The fourth-order valence-corrected chi connectivity index (χ4v) is 4.22. The number of nitro groups is 1. The summed E-state index contributed by atoms with van der Waals surface area (Å²) in [5, 5.41) is 16.8. The topological polar surface area (TPSA) is 111 Å². The van der Waals surface area contributed by atoms with E-state index in [4.69, 9.17) is 4.74 Å². The zero-order chi connectivity index (χ0) is 28.9. The summed E-state index contributed by atoms with van der Waals surface area (Å²) >= 11 is 0. The maximum absolute atomic E-state index is 13.6. The van der Waals surface area contributed by atoms with Crippen LogP contribution in [-0.2, 0) is 29.0 Å². The summed E-state index contributed by atoms with van der Waals surface area (Å²) in [6.07, 6.45) is 3.75. The first-order chi connectivity index (χ1) is 20.0. The number of nitro benzene ring substituents is 1. The molecule has 41 heavy (non-hydrogen) atoms. The SMILES string of the molecule is O=C(N[C@@H](Cc1ccccc1)C(=O)N[C@H](/C=C/c1ccc([N+](=O)[O-])cc1)Cc1ccccc1)OCc1ccccc1. The van der Waals surface area contributed by atoms with Crippen molar-refractivity contribution in [2.24, 2.45) is 0 Å². The van der Waals surface area contributed by atoms with Crippen molar-refractivity contribution >= 4 is 23.8 Å². The van der Waals surface area contributed by atoms with Gasteiger partial charge in [0.25, 0.3) is 5.69 Å². The molecule has 0 aliphatic rings. The second-order valence-electron chi connectivity index (χ2n) is 9.46. The number of nitrogens with one attached hydrogen (secondary N) is 2. The minimum Gasteiger partial charge on any atom is -0.445 e. The second kappa shape index (κ2) is 14.8. The number of rotatable bonds is 12. The molecule has 0 heterocycles. The predicted molar refractivity (Wildman–Crippen MR) is 158 cm³/mol. The van der Waals surface area contributed by atoms with E-state index >= 15 is 0 Å². The summed E-state index contributed by atoms with van der Waals surface area (Å²) in [5.74, 6) is -0.361. The summed E-state index contributed by atoms with van der Waals surface area (Å²) in [6.45, 7) is 0.0843. The van der Waals surface area contributed by atoms with E-state index in [2.05, 4.69) is 10.6 Å². The Morgan fingerprint density at radius 3 is 1.83 bits per heavy atom. The molecule has 4 aromatic carbocycles. The fourth-order valence-electron chi connectivity index (χ4n) is 4.22. The summed E-state index contributed by atoms with van der Waals surface area (Å²) in [7, 11) is 0. The standard InChI is InChI=1S/C33H31N3O5/c37-32(31(23-27-12-6-2-7-13-27)35-33(38)41-24-28-14-8-3-9-15-28)34-29(22-26-10-4-1-5-11-26)19-16-25-17-20-30(21-18-25)36(39)40/h1-21,29,31H,22-24H2,(H,34,37)(H,35,38)/b19-16+/t29-,31+/m1/s1. The third-order valence-electron chi connectivity index (χ3n) is 6.35. The minimum absolute atomic E-state index is 0.00488. The molecule has 8 heteroatoms. The van der Waals surface area contributed by atoms with Crippen molar-refractivity contribution < 1.29 is 19.2 Å². The third-order valence-corrected chi connectivity index (χ3v) is 6.35. The van der Waals surface area contributed by atoms with Crippen molar-refractivity contribution in [3.63, 3.8) is 0 Å². The lowest BCUT2D eigenvalue weighted by atomic mass is 10.0. The van der Waals surface area contributed by atoms with Crippen LogP contribution in [0.5, 0.6) is 0 Å². The molecule has 4 aromatic rings. The molecular weight excluding hydrogens is 518 g/mol. The highest BCUT2D eigenvalue weighted by atomic mass is 16.6. The van der Waals surface area contributed by atoms with Gasteiger partial charge in [0.1, 0.15) is 12.6 Å². The first-order valence-corrected chi connectivity index (χ1v) is 13.2. The van der Waals surface area contributed by atoms with Crippen molar-refractivity contribution in [2.45, 2.75) is 31.5 Å². The molecule has 0 spiro atoms. The molecule has 0 aliphatic heterocycles. The van der Waals surface area contributed by atoms with E-state index in [1.165, 1.54) is 12.1 Å². The van der Waals surface area contributed by atoms with Crippen molar-refractivity contribution in [2.75, 3.05) is 0 Å². The first kappa shape index (κ1) is 28.8. The maximum Gasteiger partial charge on any atom is 0.408 e. The number of amides is 2.